The molecule has 1 aliphatic rings. The minimum Gasteiger partial charge on any atom is -0.384 e. The average molecular weight is 226 g/mol. The summed E-state index contributed by atoms with van der Waals surface area (Å²) in [7, 11) is 0. The van der Waals surface area contributed by atoms with Gasteiger partial charge in [0.2, 0.25) is 0 Å². The van der Waals surface area contributed by atoms with Crippen LogP contribution in [0.1, 0.15) is 11.1 Å². The molecule has 86 valence electrons. The molecule has 0 radical (unpaired) electrons. The van der Waals surface area contributed by atoms with E-state index >= 15 is 0 Å². The normalized spacial score (nSPS) is 14.5. The highest BCUT2D eigenvalue weighted by Crippen LogP contribution is 2.23. The zero-order chi connectivity index (χ0) is 11.7. The van der Waals surface area contributed by atoms with E-state index in [4.69, 9.17) is 5.73 Å². The number of fused-ring (bicyclic) bond motifs is 1. The van der Waals surface area contributed by atoms with E-state index in [0.717, 1.165) is 25.3 Å². The van der Waals surface area contributed by atoms with Crippen molar-refractivity contribution < 1.29 is 0 Å². The molecule has 0 unspecified atom stereocenters. The molecular weight excluding hydrogens is 212 g/mol. The van der Waals surface area contributed by atoms with E-state index < -0.39 is 0 Å². The number of hydrogen-bond acceptors (Lipinski definition) is 4. The fraction of sp³-hybridized carbons (Fsp3) is 0.231. The standard InChI is InChI=1S/C13H14N4/c14-12-7-13(16-9-15-12)17-6-5-10-3-1-2-4-11(10)8-17/h1-4,7,9H,5-6,8H2,(H2,14,15,16). The maximum absolute atomic E-state index is 5.68. The van der Waals surface area contributed by atoms with E-state index in [-0.39, 0.29) is 0 Å². The van der Waals surface area contributed by atoms with Crippen LogP contribution in [-0.4, -0.2) is 16.5 Å². The molecule has 1 aromatic carbocycles. The van der Waals surface area contributed by atoms with Gasteiger partial charge in [-0.2, -0.15) is 0 Å². The van der Waals surface area contributed by atoms with E-state index in [1.54, 1.807) is 0 Å². The lowest BCUT2D eigenvalue weighted by atomic mass is 10.00. The van der Waals surface area contributed by atoms with Crippen LogP contribution in [0.25, 0.3) is 0 Å². The van der Waals surface area contributed by atoms with Gasteiger partial charge in [0.1, 0.15) is 18.0 Å². The van der Waals surface area contributed by atoms with Crippen LogP contribution in [0, 0.1) is 0 Å². The minimum absolute atomic E-state index is 0.522. The van der Waals surface area contributed by atoms with Crippen LogP contribution in [0.15, 0.2) is 36.7 Å². The van der Waals surface area contributed by atoms with Crippen molar-refractivity contribution in [2.24, 2.45) is 0 Å². The Labute approximate surface area is 100 Å². The third-order valence-electron chi connectivity index (χ3n) is 3.13. The molecule has 0 atom stereocenters. The van der Waals surface area contributed by atoms with Gasteiger partial charge in [0, 0.05) is 19.2 Å². The van der Waals surface area contributed by atoms with E-state index in [0.29, 0.717) is 5.82 Å². The molecule has 0 spiro atoms. The van der Waals surface area contributed by atoms with Crippen molar-refractivity contribution >= 4 is 11.6 Å². The zero-order valence-corrected chi connectivity index (χ0v) is 9.50. The van der Waals surface area contributed by atoms with Crippen molar-refractivity contribution in [1.82, 2.24) is 9.97 Å². The van der Waals surface area contributed by atoms with Crippen molar-refractivity contribution in [2.45, 2.75) is 13.0 Å². The summed E-state index contributed by atoms with van der Waals surface area (Å²) in [5.74, 6) is 1.43. The first kappa shape index (κ1) is 10.1. The van der Waals surface area contributed by atoms with Gasteiger partial charge >= 0.3 is 0 Å². The summed E-state index contributed by atoms with van der Waals surface area (Å²) in [5, 5.41) is 0. The quantitative estimate of drug-likeness (QED) is 0.802. The molecule has 2 heterocycles. The minimum atomic E-state index is 0.522. The number of nitrogens with two attached hydrogens (primary N) is 1. The molecule has 4 nitrogen and oxygen atoms in total. The van der Waals surface area contributed by atoms with Gasteiger partial charge in [-0.05, 0) is 17.5 Å². The first-order valence-corrected chi connectivity index (χ1v) is 5.72. The van der Waals surface area contributed by atoms with Crippen molar-refractivity contribution in [3.8, 4) is 0 Å². The summed E-state index contributed by atoms with van der Waals surface area (Å²) in [6.45, 7) is 1.88. The first-order valence-electron chi connectivity index (χ1n) is 5.72. The van der Waals surface area contributed by atoms with Crippen LogP contribution < -0.4 is 10.6 Å². The molecule has 3 rings (SSSR count). The van der Waals surface area contributed by atoms with E-state index in [9.17, 15) is 0 Å². The number of aromatic nitrogens is 2. The van der Waals surface area contributed by atoms with Gasteiger partial charge in [-0.25, -0.2) is 9.97 Å². The van der Waals surface area contributed by atoms with Crippen molar-refractivity contribution in [3.05, 3.63) is 47.8 Å². The molecule has 4 heteroatoms. The zero-order valence-electron chi connectivity index (χ0n) is 9.50. The smallest absolute Gasteiger partial charge is 0.134 e. The number of hydrogen-bond donors (Lipinski definition) is 1. The Balaban J connectivity index is 1.89. The SMILES string of the molecule is Nc1cc(N2CCc3ccccc3C2)ncn1. The largest absolute Gasteiger partial charge is 0.384 e. The summed E-state index contributed by atoms with van der Waals surface area (Å²) < 4.78 is 0. The highest BCUT2D eigenvalue weighted by molar-refractivity contribution is 5.48. The molecule has 1 aromatic heterocycles. The van der Waals surface area contributed by atoms with Gasteiger partial charge in [0.15, 0.2) is 0 Å². The highest BCUT2D eigenvalue weighted by Gasteiger charge is 2.16. The van der Waals surface area contributed by atoms with Crippen LogP contribution >= 0.6 is 0 Å². The number of anilines is 2. The predicted octanol–water partition coefficient (Wildman–Crippen LogP) is 1.62. The van der Waals surface area contributed by atoms with E-state index in [1.165, 1.54) is 17.5 Å². The Hall–Kier alpha value is -2.10. The third kappa shape index (κ3) is 1.93. The fourth-order valence-corrected chi connectivity index (χ4v) is 2.23. The Kier molecular flexibility index (Phi) is 2.40. The summed E-state index contributed by atoms with van der Waals surface area (Å²) in [5.41, 5.74) is 8.49. The molecule has 17 heavy (non-hydrogen) atoms. The predicted molar refractivity (Wildman–Crippen MR) is 67.6 cm³/mol. The van der Waals surface area contributed by atoms with Crippen LogP contribution in [0.2, 0.25) is 0 Å². The molecule has 1 aliphatic heterocycles. The van der Waals surface area contributed by atoms with Crippen molar-refractivity contribution in [1.29, 1.82) is 0 Å². The number of rotatable bonds is 1. The highest BCUT2D eigenvalue weighted by atomic mass is 15.2. The molecule has 0 saturated heterocycles. The summed E-state index contributed by atoms with van der Waals surface area (Å²) >= 11 is 0. The molecule has 2 aromatic rings. The molecule has 0 fully saturated rings. The van der Waals surface area contributed by atoms with Gasteiger partial charge in [0.25, 0.3) is 0 Å². The topological polar surface area (TPSA) is 55.0 Å². The molecule has 0 saturated carbocycles. The maximum Gasteiger partial charge on any atom is 0.134 e. The maximum atomic E-state index is 5.68. The lowest BCUT2D eigenvalue weighted by molar-refractivity contribution is 0.719. The van der Waals surface area contributed by atoms with Gasteiger partial charge in [-0.1, -0.05) is 24.3 Å². The lowest BCUT2D eigenvalue weighted by Crippen LogP contribution is -2.31. The summed E-state index contributed by atoms with van der Waals surface area (Å²) in [6, 6.07) is 10.4. The fourth-order valence-electron chi connectivity index (χ4n) is 2.23. The first-order chi connectivity index (χ1) is 8.33. The third-order valence-corrected chi connectivity index (χ3v) is 3.13. The summed E-state index contributed by atoms with van der Waals surface area (Å²) in [4.78, 5) is 10.4. The number of nitrogen functional groups attached to an aromatic ring is 1. The van der Waals surface area contributed by atoms with E-state index in [1.807, 2.05) is 6.07 Å². The molecular formula is C13H14N4. The van der Waals surface area contributed by atoms with E-state index in [2.05, 4.69) is 39.1 Å². The van der Waals surface area contributed by atoms with Gasteiger partial charge < -0.3 is 10.6 Å². The Morgan fingerprint density at radius 3 is 2.76 bits per heavy atom. The Bertz CT molecular complexity index is 538. The Morgan fingerprint density at radius 2 is 1.94 bits per heavy atom. The molecule has 0 aliphatic carbocycles. The average Bonchev–Trinajstić information content (AvgIpc) is 2.38. The second-order valence-corrected chi connectivity index (χ2v) is 4.24. The van der Waals surface area contributed by atoms with Crippen LogP contribution in [0.4, 0.5) is 11.6 Å². The van der Waals surface area contributed by atoms with Gasteiger partial charge in [-0.3, -0.25) is 0 Å². The monoisotopic (exact) mass is 226 g/mol. The van der Waals surface area contributed by atoms with Gasteiger partial charge in [-0.15, -0.1) is 0 Å². The van der Waals surface area contributed by atoms with Crippen LogP contribution in [-0.2, 0) is 13.0 Å². The van der Waals surface area contributed by atoms with Crippen LogP contribution in [0.3, 0.4) is 0 Å². The second-order valence-electron chi connectivity index (χ2n) is 4.24. The van der Waals surface area contributed by atoms with Crippen LogP contribution in [0.5, 0.6) is 0 Å². The summed E-state index contributed by atoms with van der Waals surface area (Å²) in [6.07, 6.45) is 2.57. The van der Waals surface area contributed by atoms with Crippen molar-refractivity contribution in [3.63, 3.8) is 0 Å². The van der Waals surface area contributed by atoms with Gasteiger partial charge in [0.05, 0.1) is 0 Å². The number of benzene rings is 1. The lowest BCUT2D eigenvalue weighted by Gasteiger charge is -2.29. The van der Waals surface area contributed by atoms with Crippen molar-refractivity contribution in [2.75, 3.05) is 17.2 Å². The molecule has 2 N–H and O–H groups in total. The number of nitrogens with zero attached hydrogens (tertiary/aromatic N) is 3. The Morgan fingerprint density at radius 1 is 1.12 bits per heavy atom. The molecule has 0 amide bonds. The second kappa shape index (κ2) is 4.05. The molecule has 0 bridgehead atoms.